The second-order valence-corrected chi connectivity index (χ2v) is 13.8. The lowest BCUT2D eigenvalue weighted by Crippen LogP contribution is -2.60. The first-order valence-corrected chi connectivity index (χ1v) is 19.1. The van der Waals surface area contributed by atoms with E-state index in [-0.39, 0.29) is 0 Å². The predicted octanol–water partition coefficient (Wildman–Crippen LogP) is -4.64. The first-order chi connectivity index (χ1) is 29.7. The van der Waals surface area contributed by atoms with Gasteiger partial charge in [-0.1, -0.05) is 0 Å². The van der Waals surface area contributed by atoms with Crippen LogP contribution in [0.5, 0.6) is 0 Å². The Kier molecular flexibility index (Phi) is 25.6. The summed E-state index contributed by atoms with van der Waals surface area (Å²) in [5.41, 5.74) is 5.67. The molecule has 0 bridgehead atoms. The first kappa shape index (κ1) is 56.5. The van der Waals surface area contributed by atoms with E-state index in [4.69, 9.17) is 21.1 Å². The van der Waals surface area contributed by atoms with Gasteiger partial charge in [-0.15, -0.1) is 0 Å². The van der Waals surface area contributed by atoms with Crippen molar-refractivity contribution in [3.63, 3.8) is 0 Å². The van der Waals surface area contributed by atoms with Gasteiger partial charge in [0.1, 0.15) is 36.3 Å². The van der Waals surface area contributed by atoms with Gasteiger partial charge < -0.3 is 78.5 Å². The maximum Gasteiger partial charge on any atom is 0.326 e. The van der Waals surface area contributed by atoms with Crippen LogP contribution in [0.1, 0.15) is 89.9 Å². The molecular formula is C35H51N7O22. The normalized spacial score (nSPS) is 14.0. The molecule has 7 unspecified atom stereocenters. The van der Waals surface area contributed by atoms with E-state index in [1.54, 1.807) is 0 Å². The number of carboxylic acids is 8. The third-order valence-corrected chi connectivity index (χ3v) is 8.67. The molecular weight excluding hydrogens is 870 g/mol. The molecule has 6 amide bonds. The van der Waals surface area contributed by atoms with Crippen LogP contribution in [0.4, 0.5) is 0 Å². The molecule has 0 aromatic rings. The molecule has 0 heterocycles. The molecule has 0 aliphatic carbocycles. The third kappa shape index (κ3) is 24.7. The second-order valence-electron chi connectivity index (χ2n) is 13.8. The van der Waals surface area contributed by atoms with Gasteiger partial charge in [-0.3, -0.25) is 62.3 Å². The van der Waals surface area contributed by atoms with Crippen LogP contribution in [0.2, 0.25) is 0 Å². The van der Waals surface area contributed by atoms with Gasteiger partial charge in [0.15, 0.2) is 0 Å². The van der Waals surface area contributed by atoms with Crippen LogP contribution >= 0.6 is 0 Å². The average Bonchev–Trinajstić information content (AvgIpc) is 3.18. The minimum absolute atomic E-state index is 0.416. The fourth-order valence-corrected chi connectivity index (χ4v) is 5.26. The largest absolute Gasteiger partial charge is 0.481 e. The van der Waals surface area contributed by atoms with Crippen LogP contribution in [0.25, 0.3) is 0 Å². The molecule has 7 atom stereocenters. The van der Waals surface area contributed by atoms with Crippen molar-refractivity contribution >= 4 is 83.2 Å². The van der Waals surface area contributed by atoms with Crippen molar-refractivity contribution in [2.24, 2.45) is 5.73 Å². The summed E-state index contributed by atoms with van der Waals surface area (Å²) in [6, 6.07) is -12.9. The number of carbonyl (C=O) groups is 14. The maximum absolute atomic E-state index is 13.6. The summed E-state index contributed by atoms with van der Waals surface area (Å²) >= 11 is 0. The molecule has 0 aromatic heterocycles. The van der Waals surface area contributed by atoms with Crippen molar-refractivity contribution < 1.29 is 108 Å². The Bertz CT molecular complexity index is 1770. The number of carbonyl (C=O) groups excluding carboxylic acids is 6. The van der Waals surface area contributed by atoms with E-state index in [0.717, 1.165) is 0 Å². The van der Waals surface area contributed by atoms with Gasteiger partial charge in [-0.2, -0.15) is 0 Å². The van der Waals surface area contributed by atoms with E-state index in [1.165, 1.54) is 0 Å². The standard InChI is InChI=1S/C35H51N7O22/c36-15(1-8-22(43)44)29(57)37-16(2-9-23(45)46)30(58)38-17(3-10-24(47)48)31(59)39-18(4-11-25(49)50)32(60)40-19(5-12-26(51)52)33(61)41-20(6-13-27(53)54)34(62)42-21(35(63)64)7-14-28(55)56/h15-21H,1-14,36H2,(H,37,57)(H,38,58)(H,39,59)(H,40,60)(H,41,61)(H,42,62)(H,43,44)(H,45,46)(H,47,48)(H,49,50)(H,51,52)(H,53,54)(H,55,56)(H,63,64). The summed E-state index contributed by atoms with van der Waals surface area (Å²) < 4.78 is 0. The first-order valence-electron chi connectivity index (χ1n) is 19.1. The molecule has 0 fully saturated rings. The molecule has 0 rings (SSSR count). The van der Waals surface area contributed by atoms with Crippen molar-refractivity contribution in [1.29, 1.82) is 0 Å². The molecule has 64 heavy (non-hydrogen) atoms. The second kappa shape index (κ2) is 29.0. The molecule has 29 heteroatoms. The van der Waals surface area contributed by atoms with E-state index >= 15 is 0 Å². The van der Waals surface area contributed by atoms with Crippen molar-refractivity contribution in [2.45, 2.75) is 132 Å². The number of hydrogen-bond acceptors (Lipinski definition) is 15. The summed E-state index contributed by atoms with van der Waals surface area (Å²) in [5.74, 6) is -19.9. The van der Waals surface area contributed by atoms with Crippen molar-refractivity contribution in [2.75, 3.05) is 0 Å². The number of nitrogens with two attached hydrogens (primary N) is 1. The Morgan fingerprint density at radius 1 is 0.281 bits per heavy atom. The predicted molar refractivity (Wildman–Crippen MR) is 205 cm³/mol. The number of amides is 6. The molecule has 0 aliphatic rings. The quantitative estimate of drug-likeness (QED) is 0.0289. The maximum atomic E-state index is 13.6. The van der Waals surface area contributed by atoms with Gasteiger partial charge in [-0.05, 0) is 44.9 Å². The van der Waals surface area contributed by atoms with Gasteiger partial charge >= 0.3 is 47.8 Å². The molecule has 358 valence electrons. The summed E-state index contributed by atoms with van der Waals surface area (Å²) in [7, 11) is 0. The van der Waals surface area contributed by atoms with Gasteiger partial charge in [-0.25, -0.2) is 4.79 Å². The van der Waals surface area contributed by atoms with Crippen molar-refractivity contribution in [1.82, 2.24) is 31.9 Å². The van der Waals surface area contributed by atoms with E-state index < -0.39 is 215 Å². The van der Waals surface area contributed by atoms with Gasteiger partial charge in [0.2, 0.25) is 35.4 Å². The highest BCUT2D eigenvalue weighted by molar-refractivity contribution is 5.97. The van der Waals surface area contributed by atoms with E-state index in [0.29, 0.717) is 0 Å². The molecule has 0 aromatic carbocycles. The summed E-state index contributed by atoms with van der Waals surface area (Å²) in [5, 5.41) is 85.8. The van der Waals surface area contributed by atoms with Crippen LogP contribution in [0, 0.1) is 0 Å². The van der Waals surface area contributed by atoms with Crippen LogP contribution in [-0.4, -0.2) is 166 Å². The third-order valence-electron chi connectivity index (χ3n) is 8.67. The highest BCUT2D eigenvalue weighted by Gasteiger charge is 2.35. The summed E-state index contributed by atoms with van der Waals surface area (Å²) in [6.07, 6.45) is -10.3. The fourth-order valence-electron chi connectivity index (χ4n) is 5.26. The zero-order valence-electron chi connectivity index (χ0n) is 33.8. The summed E-state index contributed by atoms with van der Waals surface area (Å²) in [6.45, 7) is 0. The van der Waals surface area contributed by atoms with E-state index in [9.17, 15) is 92.7 Å². The Morgan fingerprint density at radius 3 is 0.656 bits per heavy atom. The van der Waals surface area contributed by atoms with E-state index in [1.807, 2.05) is 5.32 Å². The minimum Gasteiger partial charge on any atom is -0.481 e. The molecule has 0 radical (unpaired) electrons. The Balaban J connectivity index is 6.68. The number of aliphatic carboxylic acids is 8. The highest BCUT2D eigenvalue weighted by Crippen LogP contribution is 2.10. The van der Waals surface area contributed by atoms with Gasteiger partial charge in [0, 0.05) is 44.9 Å². The van der Waals surface area contributed by atoms with Crippen LogP contribution in [-0.2, 0) is 67.1 Å². The van der Waals surface area contributed by atoms with Crippen LogP contribution < -0.4 is 37.6 Å². The molecule has 0 aliphatic heterocycles. The Hall–Kier alpha value is -7.46. The van der Waals surface area contributed by atoms with Crippen molar-refractivity contribution in [3.8, 4) is 0 Å². The van der Waals surface area contributed by atoms with Crippen LogP contribution in [0.15, 0.2) is 0 Å². The van der Waals surface area contributed by atoms with Crippen molar-refractivity contribution in [3.05, 3.63) is 0 Å². The lowest BCUT2D eigenvalue weighted by Gasteiger charge is -2.27. The smallest absolute Gasteiger partial charge is 0.326 e. The average molecular weight is 922 g/mol. The Morgan fingerprint density at radius 2 is 0.453 bits per heavy atom. The zero-order chi connectivity index (χ0) is 49.3. The number of nitrogens with one attached hydrogen (secondary N) is 6. The highest BCUT2D eigenvalue weighted by atomic mass is 16.4. The topological polar surface area (TPSA) is 499 Å². The minimum atomic E-state index is -1.99. The van der Waals surface area contributed by atoms with Gasteiger partial charge in [0.05, 0.1) is 6.04 Å². The molecule has 16 N–H and O–H groups in total. The monoisotopic (exact) mass is 921 g/mol. The lowest BCUT2D eigenvalue weighted by atomic mass is 10.0. The summed E-state index contributed by atoms with van der Waals surface area (Å²) in [4.78, 5) is 170. The molecule has 0 saturated heterocycles. The molecule has 0 saturated carbocycles. The number of carboxylic acid groups (broad SMARTS) is 8. The number of rotatable bonds is 34. The fraction of sp³-hybridized carbons (Fsp3) is 0.600. The zero-order valence-corrected chi connectivity index (χ0v) is 33.8. The molecule has 29 nitrogen and oxygen atoms in total. The molecule has 0 spiro atoms. The lowest BCUT2D eigenvalue weighted by molar-refractivity contribution is -0.144. The van der Waals surface area contributed by atoms with Crippen LogP contribution in [0.3, 0.4) is 0 Å². The van der Waals surface area contributed by atoms with E-state index in [2.05, 4.69) is 26.6 Å². The number of hydrogen-bond donors (Lipinski definition) is 15. The van der Waals surface area contributed by atoms with Gasteiger partial charge in [0.25, 0.3) is 0 Å². The Labute approximate surface area is 360 Å². The SMILES string of the molecule is NC(CCC(=O)O)C(=O)NC(CCC(=O)O)C(=O)NC(CCC(=O)O)C(=O)NC(CCC(=O)O)C(=O)NC(CCC(=O)O)C(=O)NC(CCC(=O)O)C(=O)NC(CCC(=O)O)C(=O)O.